The monoisotopic (exact) mass is 339 g/mol. The van der Waals surface area contributed by atoms with Crippen molar-refractivity contribution in [2.75, 3.05) is 6.67 Å². The maximum absolute atomic E-state index is 13.3. The van der Waals surface area contributed by atoms with Crippen LogP contribution in [0.2, 0.25) is 5.02 Å². The molecule has 0 aliphatic carbocycles. The summed E-state index contributed by atoms with van der Waals surface area (Å²) in [7, 11) is 0. The van der Waals surface area contributed by atoms with Crippen LogP contribution in [-0.2, 0) is 9.59 Å². The van der Waals surface area contributed by atoms with Crippen LogP contribution in [0.25, 0.3) is 0 Å². The molecule has 0 amide bonds. The molecule has 23 heavy (non-hydrogen) atoms. The summed E-state index contributed by atoms with van der Waals surface area (Å²) in [5, 5.41) is 21.8. The number of halogens is 2. The summed E-state index contributed by atoms with van der Waals surface area (Å²) in [6.07, 6.45) is 0. The number of rotatable bonds is 4. The van der Waals surface area contributed by atoms with Gasteiger partial charge in [-0.1, -0.05) is 23.7 Å². The summed E-state index contributed by atoms with van der Waals surface area (Å²) in [6, 6.07) is 4.93. The number of allylic oxidation sites excluding steroid dienone is 2. The number of carboxylic acid groups (broad SMARTS) is 2. The number of hydrogen-bond acceptors (Lipinski definition) is 3. The molecule has 0 radical (unpaired) electrons. The van der Waals surface area contributed by atoms with E-state index in [1.54, 1.807) is 25.1 Å². The summed E-state index contributed by atoms with van der Waals surface area (Å²) >= 11 is 6.20. The van der Waals surface area contributed by atoms with E-state index in [2.05, 4.69) is 5.32 Å². The van der Waals surface area contributed by atoms with Gasteiger partial charge in [0.15, 0.2) is 0 Å². The van der Waals surface area contributed by atoms with Crippen LogP contribution in [0.15, 0.2) is 40.7 Å². The minimum absolute atomic E-state index is 0.157. The van der Waals surface area contributed by atoms with Crippen LogP contribution >= 0.6 is 11.6 Å². The lowest BCUT2D eigenvalue weighted by Crippen LogP contribution is -2.33. The van der Waals surface area contributed by atoms with Crippen molar-refractivity contribution < 1.29 is 24.2 Å². The smallest absolute Gasteiger partial charge is 0.334 e. The molecule has 0 bridgehead atoms. The average Bonchev–Trinajstić information content (AvgIpc) is 2.45. The Hall–Kier alpha value is -2.34. The maximum Gasteiger partial charge on any atom is 0.334 e. The highest BCUT2D eigenvalue weighted by atomic mass is 35.5. The molecular weight excluding hydrogens is 325 g/mol. The molecule has 1 aliphatic rings. The van der Waals surface area contributed by atoms with E-state index in [1.807, 2.05) is 0 Å². The molecule has 1 aromatic rings. The quantitative estimate of drug-likeness (QED) is 0.785. The van der Waals surface area contributed by atoms with Crippen molar-refractivity contribution in [3.8, 4) is 0 Å². The molecule has 0 saturated carbocycles. The van der Waals surface area contributed by atoms with E-state index in [-0.39, 0.29) is 27.6 Å². The Morgan fingerprint density at radius 3 is 2.30 bits per heavy atom. The zero-order valence-electron chi connectivity index (χ0n) is 12.5. The van der Waals surface area contributed by atoms with Gasteiger partial charge in [-0.3, -0.25) is 0 Å². The molecule has 1 heterocycles. The van der Waals surface area contributed by atoms with Crippen molar-refractivity contribution in [1.29, 1.82) is 0 Å². The van der Waals surface area contributed by atoms with Crippen LogP contribution < -0.4 is 5.32 Å². The number of hydrogen-bond donors (Lipinski definition) is 3. The van der Waals surface area contributed by atoms with Gasteiger partial charge in [0.05, 0.1) is 22.8 Å². The third-order valence-electron chi connectivity index (χ3n) is 3.80. The van der Waals surface area contributed by atoms with Crippen molar-refractivity contribution in [2.24, 2.45) is 0 Å². The highest BCUT2D eigenvalue weighted by molar-refractivity contribution is 6.31. The van der Waals surface area contributed by atoms with Gasteiger partial charge in [-0.25, -0.2) is 14.0 Å². The first-order chi connectivity index (χ1) is 10.8. The minimum Gasteiger partial charge on any atom is -0.478 e. The number of nitrogens with one attached hydrogen (secondary N) is 1. The Morgan fingerprint density at radius 2 is 1.83 bits per heavy atom. The van der Waals surface area contributed by atoms with Crippen LogP contribution in [0.3, 0.4) is 0 Å². The third kappa shape index (κ3) is 2.94. The molecule has 2 rings (SSSR count). The van der Waals surface area contributed by atoms with Crippen LogP contribution in [0, 0.1) is 6.92 Å². The molecule has 1 unspecified atom stereocenters. The predicted octanol–water partition coefficient (Wildman–Crippen LogP) is 3.00. The summed E-state index contributed by atoms with van der Waals surface area (Å²) in [6.45, 7) is 2.12. The number of dihydropyridines is 1. The normalized spacial score (nSPS) is 18.0. The third-order valence-corrected chi connectivity index (χ3v) is 4.13. The molecule has 5 nitrogen and oxygen atoms in total. The summed E-state index contributed by atoms with van der Waals surface area (Å²) in [5.74, 6) is -3.82. The fourth-order valence-electron chi connectivity index (χ4n) is 2.84. The predicted molar refractivity (Wildman–Crippen MR) is 83.0 cm³/mol. The number of benzene rings is 1. The van der Waals surface area contributed by atoms with Gasteiger partial charge in [0.2, 0.25) is 0 Å². The molecule has 7 heteroatoms. The standard InChI is InChI=1S/C16H15ClFNO4/c1-7-4-3-5-9(17)11(7)14-12(15(20)21)8(2)19-10(6-18)13(14)16(22)23/h3-5,14,19H,6H2,1-2H3,(H,20,21)(H,22,23). The van der Waals surface area contributed by atoms with Crippen LogP contribution in [0.5, 0.6) is 0 Å². The second-order valence-corrected chi connectivity index (χ2v) is 5.61. The van der Waals surface area contributed by atoms with E-state index < -0.39 is 24.5 Å². The highest BCUT2D eigenvalue weighted by Crippen LogP contribution is 2.42. The number of carbonyl (C=O) groups is 2. The van der Waals surface area contributed by atoms with E-state index >= 15 is 0 Å². The second kappa shape index (κ2) is 6.42. The first kappa shape index (κ1) is 17.0. The van der Waals surface area contributed by atoms with E-state index in [0.29, 0.717) is 11.1 Å². The zero-order chi connectivity index (χ0) is 17.3. The maximum atomic E-state index is 13.3. The molecule has 1 aliphatic heterocycles. The molecule has 3 N–H and O–H groups in total. The van der Waals surface area contributed by atoms with Crippen molar-refractivity contribution in [3.63, 3.8) is 0 Å². The first-order valence-electron chi connectivity index (χ1n) is 6.78. The fourth-order valence-corrected chi connectivity index (χ4v) is 3.17. The molecular formula is C16H15ClFNO4. The lowest BCUT2D eigenvalue weighted by atomic mass is 9.79. The number of aliphatic carboxylic acids is 2. The first-order valence-corrected chi connectivity index (χ1v) is 7.15. The summed E-state index contributed by atoms with van der Waals surface area (Å²) < 4.78 is 13.3. The van der Waals surface area contributed by atoms with Gasteiger partial charge >= 0.3 is 11.9 Å². The zero-order valence-corrected chi connectivity index (χ0v) is 13.2. The largest absolute Gasteiger partial charge is 0.478 e. The van der Waals surface area contributed by atoms with E-state index in [0.717, 1.165) is 0 Å². The van der Waals surface area contributed by atoms with E-state index in [9.17, 15) is 24.2 Å². The van der Waals surface area contributed by atoms with Crippen molar-refractivity contribution in [3.05, 3.63) is 56.9 Å². The molecule has 1 aromatic carbocycles. The fraction of sp³-hybridized carbons (Fsp3) is 0.250. The minimum atomic E-state index is -1.39. The molecule has 1 atom stereocenters. The number of aryl methyl sites for hydroxylation is 1. The van der Waals surface area contributed by atoms with Crippen LogP contribution in [0.4, 0.5) is 4.39 Å². The Bertz CT molecular complexity index is 734. The summed E-state index contributed by atoms with van der Waals surface area (Å²) in [5.41, 5.74) is 0.523. The van der Waals surface area contributed by atoms with Crippen LogP contribution in [-0.4, -0.2) is 28.8 Å². The Kier molecular flexibility index (Phi) is 4.75. The molecule has 122 valence electrons. The summed E-state index contributed by atoms with van der Waals surface area (Å²) in [4.78, 5) is 23.4. The lowest BCUT2D eigenvalue weighted by molar-refractivity contribution is -0.133. The lowest BCUT2D eigenvalue weighted by Gasteiger charge is -2.30. The molecule has 0 spiro atoms. The highest BCUT2D eigenvalue weighted by Gasteiger charge is 2.39. The van der Waals surface area contributed by atoms with Gasteiger partial charge in [-0.15, -0.1) is 0 Å². The second-order valence-electron chi connectivity index (χ2n) is 5.20. The molecule has 0 saturated heterocycles. The van der Waals surface area contributed by atoms with Gasteiger partial charge in [0, 0.05) is 10.7 Å². The van der Waals surface area contributed by atoms with E-state index in [1.165, 1.54) is 6.92 Å². The number of carboxylic acids is 2. The van der Waals surface area contributed by atoms with Gasteiger partial charge in [-0.05, 0) is 31.0 Å². The van der Waals surface area contributed by atoms with Gasteiger partial charge in [0.1, 0.15) is 6.67 Å². The van der Waals surface area contributed by atoms with Crippen molar-refractivity contribution in [1.82, 2.24) is 5.32 Å². The van der Waals surface area contributed by atoms with Gasteiger partial charge in [0.25, 0.3) is 0 Å². The van der Waals surface area contributed by atoms with E-state index in [4.69, 9.17) is 11.6 Å². The molecule has 0 aromatic heterocycles. The Labute approximate surface area is 137 Å². The number of alkyl halides is 1. The molecule has 0 fully saturated rings. The van der Waals surface area contributed by atoms with Gasteiger partial charge in [-0.2, -0.15) is 0 Å². The van der Waals surface area contributed by atoms with Gasteiger partial charge < -0.3 is 15.5 Å². The SMILES string of the molecule is CC1=C(C(=O)O)C(c2c(C)cccc2Cl)C(C(=O)O)=C(CF)N1. The van der Waals surface area contributed by atoms with Crippen molar-refractivity contribution >= 4 is 23.5 Å². The van der Waals surface area contributed by atoms with Crippen LogP contribution in [0.1, 0.15) is 24.0 Å². The average molecular weight is 340 g/mol. The Balaban J connectivity index is 2.84. The Morgan fingerprint density at radius 1 is 1.22 bits per heavy atom. The topological polar surface area (TPSA) is 86.6 Å². The van der Waals surface area contributed by atoms with Crippen molar-refractivity contribution in [2.45, 2.75) is 19.8 Å².